The molecule has 3 rings (SSSR count). The average Bonchev–Trinajstić information content (AvgIpc) is 3.06. The normalized spacial score (nSPS) is 41.2. The molecule has 18 heavy (non-hydrogen) atoms. The predicted molar refractivity (Wildman–Crippen MR) is 67.9 cm³/mol. The van der Waals surface area contributed by atoms with Gasteiger partial charge >= 0.3 is 0 Å². The van der Waals surface area contributed by atoms with Crippen LogP contribution in [0.2, 0.25) is 0 Å². The minimum Gasteiger partial charge on any atom is -0.395 e. The number of fused-ring (bicyclic) bond motifs is 1. The lowest BCUT2D eigenvalue weighted by Crippen LogP contribution is -2.49. The molecule has 0 aromatic heterocycles. The Kier molecular flexibility index (Phi) is 2.12. The fraction of sp³-hybridized carbons (Fsp3) is 0.667. The summed E-state index contributed by atoms with van der Waals surface area (Å²) >= 11 is 0. The van der Waals surface area contributed by atoms with Crippen LogP contribution in [0.15, 0.2) is 22.8 Å². The third-order valence-electron chi connectivity index (χ3n) is 5.30. The molecule has 98 valence electrons. The second kappa shape index (κ2) is 3.14. The Hall–Kier alpha value is -0.930. The molecule has 0 amide bonds. The van der Waals surface area contributed by atoms with Crippen molar-refractivity contribution in [1.82, 2.24) is 0 Å². The summed E-state index contributed by atoms with van der Waals surface area (Å²) in [6, 6.07) is 0. The molecule has 0 aliphatic heterocycles. The van der Waals surface area contributed by atoms with E-state index in [0.29, 0.717) is 12.0 Å². The monoisotopic (exact) mass is 248 g/mol. The van der Waals surface area contributed by atoms with Gasteiger partial charge in [-0.25, -0.2) is 0 Å². The number of allylic oxidation sites excluding steroid dienone is 1. The molecule has 3 aliphatic carbocycles. The van der Waals surface area contributed by atoms with Crippen molar-refractivity contribution in [2.24, 2.45) is 10.8 Å². The van der Waals surface area contributed by atoms with E-state index in [4.69, 9.17) is 0 Å². The maximum absolute atomic E-state index is 12.5. The van der Waals surface area contributed by atoms with E-state index in [9.17, 15) is 15.0 Å². The second-order valence-electron chi connectivity index (χ2n) is 6.63. The fourth-order valence-corrected chi connectivity index (χ4v) is 3.74. The molecule has 3 aliphatic rings. The van der Waals surface area contributed by atoms with Crippen molar-refractivity contribution in [3.8, 4) is 0 Å². The first-order valence-electron chi connectivity index (χ1n) is 6.59. The van der Waals surface area contributed by atoms with Crippen LogP contribution in [0.25, 0.3) is 0 Å². The highest BCUT2D eigenvalue weighted by molar-refractivity contribution is 6.08. The number of rotatable bonds is 1. The number of hydrogen-bond donors (Lipinski definition) is 2. The van der Waals surface area contributed by atoms with Crippen LogP contribution in [-0.4, -0.2) is 28.2 Å². The van der Waals surface area contributed by atoms with Crippen LogP contribution in [0.5, 0.6) is 0 Å². The fourth-order valence-electron chi connectivity index (χ4n) is 3.74. The molecule has 3 nitrogen and oxygen atoms in total. The molecule has 0 aromatic carbocycles. The Morgan fingerprint density at radius 3 is 2.44 bits per heavy atom. The number of aliphatic hydroxyl groups is 2. The van der Waals surface area contributed by atoms with E-state index in [0.717, 1.165) is 24.0 Å². The van der Waals surface area contributed by atoms with Gasteiger partial charge in [-0.05, 0) is 38.7 Å². The Morgan fingerprint density at radius 2 is 1.94 bits per heavy atom. The summed E-state index contributed by atoms with van der Waals surface area (Å²) in [5, 5.41) is 20.1. The molecule has 0 bridgehead atoms. The molecule has 0 radical (unpaired) electrons. The van der Waals surface area contributed by atoms with Crippen LogP contribution in [0, 0.1) is 10.8 Å². The van der Waals surface area contributed by atoms with Crippen LogP contribution in [-0.2, 0) is 4.79 Å². The molecule has 2 atom stereocenters. The van der Waals surface area contributed by atoms with Crippen LogP contribution < -0.4 is 0 Å². The molecule has 2 N–H and O–H groups in total. The number of carbonyl (C=O) groups is 1. The molecular weight excluding hydrogens is 228 g/mol. The molecule has 0 aromatic rings. The number of Topliss-reactive ketones (excluding diaryl/α,β-unsaturated/α-hetero) is 1. The molecule has 3 heteroatoms. The van der Waals surface area contributed by atoms with Crippen LogP contribution in [0.1, 0.15) is 40.0 Å². The quantitative estimate of drug-likeness (QED) is 0.743. The average molecular weight is 248 g/mol. The number of carbonyl (C=O) groups excluding carboxylic acids is 1. The van der Waals surface area contributed by atoms with Crippen LogP contribution in [0.3, 0.4) is 0 Å². The van der Waals surface area contributed by atoms with Gasteiger partial charge in [0.2, 0.25) is 0 Å². The predicted octanol–water partition coefficient (Wildman–Crippen LogP) is 1.75. The van der Waals surface area contributed by atoms with E-state index in [1.807, 2.05) is 19.9 Å². The SMILES string of the molecule is CC1=C2C[C@](C)(CO)C=C2C(=O)[C@](C)(O)C12CC2. The summed E-state index contributed by atoms with van der Waals surface area (Å²) in [4.78, 5) is 12.5. The zero-order valence-electron chi connectivity index (χ0n) is 11.2. The van der Waals surface area contributed by atoms with E-state index in [2.05, 4.69) is 0 Å². The minimum absolute atomic E-state index is 0.0374. The zero-order chi connectivity index (χ0) is 13.3. The van der Waals surface area contributed by atoms with Gasteiger partial charge in [0.1, 0.15) is 5.60 Å². The Morgan fingerprint density at radius 1 is 1.33 bits per heavy atom. The summed E-state index contributed by atoms with van der Waals surface area (Å²) in [5.41, 5.74) is 0.936. The summed E-state index contributed by atoms with van der Waals surface area (Å²) in [6.07, 6.45) is 4.36. The van der Waals surface area contributed by atoms with Crippen molar-refractivity contribution >= 4 is 5.78 Å². The molecule has 1 fully saturated rings. The van der Waals surface area contributed by atoms with Crippen molar-refractivity contribution in [1.29, 1.82) is 0 Å². The number of ketones is 1. The summed E-state index contributed by atoms with van der Waals surface area (Å²) in [5.74, 6) is -0.155. The van der Waals surface area contributed by atoms with Crippen molar-refractivity contribution < 1.29 is 15.0 Å². The first-order chi connectivity index (χ1) is 8.27. The van der Waals surface area contributed by atoms with Gasteiger partial charge in [0.15, 0.2) is 5.78 Å². The van der Waals surface area contributed by atoms with Gasteiger partial charge in [-0.1, -0.05) is 18.6 Å². The highest BCUT2D eigenvalue weighted by Gasteiger charge is 2.65. The maximum Gasteiger partial charge on any atom is 0.194 e. The lowest BCUT2D eigenvalue weighted by atomic mass is 9.68. The van der Waals surface area contributed by atoms with Gasteiger partial charge in [0.25, 0.3) is 0 Å². The first kappa shape index (κ1) is 12.1. The third kappa shape index (κ3) is 1.19. The third-order valence-corrected chi connectivity index (χ3v) is 5.30. The highest BCUT2D eigenvalue weighted by Crippen LogP contribution is 2.65. The minimum atomic E-state index is -1.27. The largest absolute Gasteiger partial charge is 0.395 e. The summed E-state index contributed by atoms with van der Waals surface area (Å²) in [6.45, 7) is 5.69. The van der Waals surface area contributed by atoms with Gasteiger partial charge in [-0.2, -0.15) is 0 Å². The van der Waals surface area contributed by atoms with Gasteiger partial charge in [0.05, 0.1) is 6.61 Å². The number of aliphatic hydroxyl groups excluding tert-OH is 1. The molecular formula is C15H20O3. The molecule has 1 spiro atoms. The Balaban J connectivity index is 2.20. The van der Waals surface area contributed by atoms with Crippen molar-refractivity contribution in [2.75, 3.05) is 6.61 Å². The maximum atomic E-state index is 12.5. The lowest BCUT2D eigenvalue weighted by molar-refractivity contribution is -0.137. The van der Waals surface area contributed by atoms with Crippen molar-refractivity contribution in [2.45, 2.75) is 45.6 Å². The molecule has 0 heterocycles. The Bertz CT molecular complexity index is 506. The molecule has 1 saturated carbocycles. The van der Waals surface area contributed by atoms with E-state index in [1.54, 1.807) is 6.92 Å². The van der Waals surface area contributed by atoms with Crippen LogP contribution >= 0.6 is 0 Å². The van der Waals surface area contributed by atoms with Gasteiger partial charge < -0.3 is 10.2 Å². The van der Waals surface area contributed by atoms with Gasteiger partial charge in [0, 0.05) is 16.4 Å². The smallest absolute Gasteiger partial charge is 0.194 e. The zero-order valence-corrected chi connectivity index (χ0v) is 11.2. The van der Waals surface area contributed by atoms with Crippen LogP contribution in [0.4, 0.5) is 0 Å². The second-order valence-corrected chi connectivity index (χ2v) is 6.63. The van der Waals surface area contributed by atoms with Crippen molar-refractivity contribution in [3.05, 3.63) is 22.8 Å². The standard InChI is InChI=1S/C15H20O3/c1-9-10-6-13(2,8-16)7-11(10)12(17)14(3,18)15(9)4-5-15/h7,16,18H,4-6,8H2,1-3H3/t13-,14-/m0/s1. The summed E-state index contributed by atoms with van der Waals surface area (Å²) < 4.78 is 0. The van der Waals surface area contributed by atoms with Gasteiger partial charge in [-0.15, -0.1) is 0 Å². The first-order valence-corrected chi connectivity index (χ1v) is 6.59. The summed E-state index contributed by atoms with van der Waals surface area (Å²) in [7, 11) is 0. The topological polar surface area (TPSA) is 57.5 Å². The molecule has 0 unspecified atom stereocenters. The lowest BCUT2D eigenvalue weighted by Gasteiger charge is -2.38. The van der Waals surface area contributed by atoms with E-state index >= 15 is 0 Å². The highest BCUT2D eigenvalue weighted by atomic mass is 16.3. The van der Waals surface area contributed by atoms with Gasteiger partial charge in [-0.3, -0.25) is 4.79 Å². The Labute approximate surface area is 107 Å². The van der Waals surface area contributed by atoms with Crippen molar-refractivity contribution in [3.63, 3.8) is 0 Å². The molecule has 0 saturated heterocycles. The number of hydrogen-bond acceptors (Lipinski definition) is 3. The van der Waals surface area contributed by atoms with E-state index in [1.165, 1.54) is 0 Å². The van der Waals surface area contributed by atoms with E-state index < -0.39 is 5.60 Å². The van der Waals surface area contributed by atoms with E-state index in [-0.39, 0.29) is 23.2 Å².